The molecule has 11 heavy (non-hydrogen) atoms. The third-order valence-electron chi connectivity index (χ3n) is 1.07. The zero-order chi connectivity index (χ0) is 8.27. The van der Waals surface area contributed by atoms with Gasteiger partial charge in [-0.1, -0.05) is 23.2 Å². The molecule has 1 aromatic rings. The van der Waals surface area contributed by atoms with Gasteiger partial charge in [0.1, 0.15) is 5.75 Å². The molecule has 0 saturated carbocycles. The van der Waals surface area contributed by atoms with E-state index in [4.69, 9.17) is 23.2 Å². The largest absolute Gasteiger partial charge is 0.427 e. The molecule has 0 bridgehead atoms. The number of carbonyl (C=O) groups is 1. The van der Waals surface area contributed by atoms with Crippen LogP contribution in [0, 0.1) is 0 Å². The molecule has 0 atom stereocenters. The second-order valence-electron chi connectivity index (χ2n) is 1.79. The Hall–Kier alpha value is -0.730. The molecule has 0 aliphatic rings. The molecule has 0 heterocycles. The number of carbonyl (C=O) groups excluding carboxylic acids is 1. The summed E-state index contributed by atoms with van der Waals surface area (Å²) in [6.07, 6.45) is 0. The smallest absolute Gasteiger partial charge is 0.298 e. The summed E-state index contributed by atoms with van der Waals surface area (Å²) in [6, 6.07) is 4.62. The van der Waals surface area contributed by atoms with E-state index >= 15 is 0 Å². The van der Waals surface area contributed by atoms with Crippen molar-refractivity contribution in [3.05, 3.63) is 28.2 Å². The van der Waals surface area contributed by atoms with Crippen molar-refractivity contribution in [3.8, 4) is 5.75 Å². The molecule has 0 radical (unpaired) electrons. The lowest BCUT2D eigenvalue weighted by atomic mass is 10.3. The third-order valence-corrected chi connectivity index (χ3v) is 1.60. The molecule has 2 nitrogen and oxygen atoms in total. The summed E-state index contributed by atoms with van der Waals surface area (Å²) < 4.78 is 4.52. The van der Waals surface area contributed by atoms with Crippen LogP contribution in [-0.2, 0) is 4.79 Å². The van der Waals surface area contributed by atoms with Gasteiger partial charge in [-0.3, -0.25) is 4.79 Å². The monoisotopic (exact) mass is 190 g/mol. The first-order valence-electron chi connectivity index (χ1n) is 2.79. The van der Waals surface area contributed by atoms with Gasteiger partial charge in [-0.05, 0) is 18.2 Å². The normalized spacial score (nSPS) is 9.27. The van der Waals surface area contributed by atoms with Gasteiger partial charge in [0.25, 0.3) is 6.47 Å². The fraction of sp³-hybridized carbons (Fsp3) is 0. The van der Waals surface area contributed by atoms with Crippen LogP contribution in [0.3, 0.4) is 0 Å². The average Bonchev–Trinajstić information content (AvgIpc) is 1.95. The topological polar surface area (TPSA) is 26.3 Å². The van der Waals surface area contributed by atoms with Crippen molar-refractivity contribution in [1.82, 2.24) is 0 Å². The number of benzene rings is 1. The van der Waals surface area contributed by atoms with Gasteiger partial charge in [-0.15, -0.1) is 0 Å². The van der Waals surface area contributed by atoms with Crippen molar-refractivity contribution in [2.45, 2.75) is 0 Å². The Balaban J connectivity index is 2.98. The first-order chi connectivity index (χ1) is 5.24. The Bertz CT molecular complexity index is 273. The van der Waals surface area contributed by atoms with E-state index in [1.807, 2.05) is 0 Å². The van der Waals surface area contributed by atoms with Crippen molar-refractivity contribution >= 4 is 29.7 Å². The summed E-state index contributed by atoms with van der Waals surface area (Å²) in [7, 11) is 0. The molecule has 0 saturated heterocycles. The standard InChI is InChI=1S/C7H4Cl2O2/c8-5-1-2-7(11-4-10)6(9)3-5/h1-4H. The average molecular weight is 191 g/mol. The van der Waals surface area contributed by atoms with Crippen molar-refractivity contribution in [1.29, 1.82) is 0 Å². The van der Waals surface area contributed by atoms with E-state index in [0.717, 1.165) is 0 Å². The zero-order valence-electron chi connectivity index (χ0n) is 5.38. The van der Waals surface area contributed by atoms with Crippen LogP contribution in [0.15, 0.2) is 18.2 Å². The summed E-state index contributed by atoms with van der Waals surface area (Å²) in [4.78, 5) is 9.90. The van der Waals surface area contributed by atoms with Gasteiger partial charge in [0.05, 0.1) is 5.02 Å². The Morgan fingerprint density at radius 1 is 1.36 bits per heavy atom. The van der Waals surface area contributed by atoms with Crippen LogP contribution in [0.5, 0.6) is 5.75 Å². The Morgan fingerprint density at radius 3 is 2.64 bits per heavy atom. The van der Waals surface area contributed by atoms with Crippen LogP contribution >= 0.6 is 23.2 Å². The molecular formula is C7H4Cl2O2. The molecule has 0 amide bonds. The van der Waals surface area contributed by atoms with Crippen LogP contribution in [0.2, 0.25) is 10.0 Å². The Kier molecular flexibility index (Phi) is 2.74. The number of ether oxygens (including phenoxy) is 1. The number of hydrogen-bond acceptors (Lipinski definition) is 2. The number of rotatable bonds is 2. The van der Waals surface area contributed by atoms with E-state index in [9.17, 15) is 4.79 Å². The van der Waals surface area contributed by atoms with Gasteiger partial charge in [-0.2, -0.15) is 0 Å². The first-order valence-corrected chi connectivity index (χ1v) is 3.55. The van der Waals surface area contributed by atoms with E-state index < -0.39 is 0 Å². The lowest BCUT2D eigenvalue weighted by molar-refractivity contribution is -0.120. The predicted octanol–water partition coefficient (Wildman–Crippen LogP) is 2.53. The highest BCUT2D eigenvalue weighted by Crippen LogP contribution is 2.26. The maximum absolute atomic E-state index is 9.90. The van der Waals surface area contributed by atoms with Gasteiger partial charge in [0.15, 0.2) is 0 Å². The van der Waals surface area contributed by atoms with Gasteiger partial charge in [0.2, 0.25) is 0 Å². The van der Waals surface area contributed by atoms with Crippen LogP contribution in [0.4, 0.5) is 0 Å². The molecule has 0 N–H and O–H groups in total. The maximum Gasteiger partial charge on any atom is 0.298 e. The second kappa shape index (κ2) is 3.60. The van der Waals surface area contributed by atoms with Gasteiger partial charge in [0, 0.05) is 5.02 Å². The minimum Gasteiger partial charge on any atom is -0.427 e. The van der Waals surface area contributed by atoms with Crippen LogP contribution < -0.4 is 4.74 Å². The second-order valence-corrected chi connectivity index (χ2v) is 2.63. The van der Waals surface area contributed by atoms with Crippen LogP contribution in [-0.4, -0.2) is 6.47 Å². The predicted molar refractivity (Wildman–Crippen MR) is 43.2 cm³/mol. The lowest BCUT2D eigenvalue weighted by Crippen LogP contribution is -1.88. The fourth-order valence-corrected chi connectivity index (χ4v) is 1.08. The van der Waals surface area contributed by atoms with Crippen molar-refractivity contribution in [3.63, 3.8) is 0 Å². The maximum atomic E-state index is 9.90. The first kappa shape index (κ1) is 8.37. The highest BCUT2D eigenvalue weighted by atomic mass is 35.5. The molecule has 0 unspecified atom stereocenters. The molecule has 0 aliphatic carbocycles. The molecule has 0 aliphatic heterocycles. The third kappa shape index (κ3) is 2.10. The van der Waals surface area contributed by atoms with Crippen molar-refractivity contribution < 1.29 is 9.53 Å². The van der Waals surface area contributed by atoms with Crippen LogP contribution in [0.25, 0.3) is 0 Å². The number of hydrogen-bond donors (Lipinski definition) is 0. The van der Waals surface area contributed by atoms with Gasteiger partial charge in [-0.25, -0.2) is 0 Å². The van der Waals surface area contributed by atoms with E-state index in [2.05, 4.69) is 4.74 Å². The zero-order valence-corrected chi connectivity index (χ0v) is 6.89. The molecule has 0 fully saturated rings. The summed E-state index contributed by atoms with van der Waals surface area (Å²) >= 11 is 11.2. The minimum atomic E-state index is 0.311. The molecule has 1 rings (SSSR count). The molecule has 4 heteroatoms. The molecule has 58 valence electrons. The Morgan fingerprint density at radius 2 is 2.09 bits per heavy atom. The SMILES string of the molecule is O=COc1ccc(Cl)cc1Cl. The summed E-state index contributed by atoms with van der Waals surface area (Å²) in [5, 5.41) is 0.831. The van der Waals surface area contributed by atoms with Crippen molar-refractivity contribution in [2.75, 3.05) is 0 Å². The van der Waals surface area contributed by atoms with Crippen LogP contribution in [0.1, 0.15) is 0 Å². The van der Waals surface area contributed by atoms with E-state index in [0.29, 0.717) is 22.3 Å². The molecule has 0 spiro atoms. The van der Waals surface area contributed by atoms with Gasteiger partial charge < -0.3 is 4.74 Å². The van der Waals surface area contributed by atoms with E-state index in [1.54, 1.807) is 6.07 Å². The Labute approximate surface area is 73.7 Å². The minimum absolute atomic E-state index is 0.311. The highest BCUT2D eigenvalue weighted by molar-refractivity contribution is 6.35. The van der Waals surface area contributed by atoms with E-state index in [1.165, 1.54) is 12.1 Å². The lowest BCUT2D eigenvalue weighted by Gasteiger charge is -1.99. The number of halogens is 2. The quantitative estimate of drug-likeness (QED) is 0.671. The summed E-state index contributed by atoms with van der Waals surface area (Å²) in [5.41, 5.74) is 0. The van der Waals surface area contributed by atoms with E-state index in [-0.39, 0.29) is 0 Å². The van der Waals surface area contributed by atoms with Gasteiger partial charge >= 0.3 is 0 Å². The fourth-order valence-electron chi connectivity index (χ4n) is 0.623. The summed E-state index contributed by atoms with van der Waals surface area (Å²) in [5.74, 6) is 0.311. The molecule has 1 aromatic carbocycles. The van der Waals surface area contributed by atoms with Crippen molar-refractivity contribution in [2.24, 2.45) is 0 Å². The molecular weight excluding hydrogens is 187 g/mol. The highest BCUT2D eigenvalue weighted by Gasteiger charge is 2.00. The molecule has 0 aromatic heterocycles. The summed E-state index contributed by atoms with van der Waals surface area (Å²) in [6.45, 7) is 0.315.